The van der Waals surface area contributed by atoms with Gasteiger partial charge in [-0.2, -0.15) is 0 Å². The topological polar surface area (TPSA) is 70.6 Å². The highest BCUT2D eigenvalue weighted by molar-refractivity contribution is 5.85. The number of rotatable bonds is 5. The number of hydrogen-bond acceptors (Lipinski definition) is 4. The molecule has 1 aliphatic heterocycles. The van der Waals surface area contributed by atoms with Crippen LogP contribution in [0.5, 0.6) is 5.75 Å². The minimum absolute atomic E-state index is 0. The van der Waals surface area contributed by atoms with E-state index in [1.807, 2.05) is 36.4 Å². The number of methoxy groups -OCH3 is 1. The van der Waals surface area contributed by atoms with Crippen molar-refractivity contribution in [1.29, 1.82) is 0 Å². The number of carbonyl (C=O) groups excluding carboxylic acids is 1. The van der Waals surface area contributed by atoms with Crippen LogP contribution >= 0.6 is 12.4 Å². The van der Waals surface area contributed by atoms with Crippen LogP contribution in [0.15, 0.2) is 48.5 Å². The number of fused-ring (bicyclic) bond motifs is 1. The molecule has 0 aliphatic carbocycles. The molecule has 0 aromatic heterocycles. The summed E-state index contributed by atoms with van der Waals surface area (Å²) in [5.41, 5.74) is 2.92. The van der Waals surface area contributed by atoms with Crippen LogP contribution in [0.1, 0.15) is 28.8 Å². The van der Waals surface area contributed by atoms with E-state index < -0.39 is 6.10 Å². The Hall–Kier alpha value is -2.08. The summed E-state index contributed by atoms with van der Waals surface area (Å²) in [4.78, 5) is 12.5. The van der Waals surface area contributed by atoms with Crippen LogP contribution in [0.2, 0.25) is 0 Å². The van der Waals surface area contributed by atoms with Crippen molar-refractivity contribution in [3.8, 4) is 5.75 Å². The highest BCUT2D eigenvalue weighted by Crippen LogP contribution is 2.23. The van der Waals surface area contributed by atoms with Gasteiger partial charge in [-0.15, -0.1) is 12.4 Å². The zero-order valence-corrected chi connectivity index (χ0v) is 14.9. The summed E-state index contributed by atoms with van der Waals surface area (Å²) in [6.45, 7) is 0.930. The smallest absolute Gasteiger partial charge is 0.241 e. The maximum absolute atomic E-state index is 12.5. The number of carbonyl (C=O) groups is 1. The van der Waals surface area contributed by atoms with Gasteiger partial charge in [-0.1, -0.05) is 36.4 Å². The quantitative estimate of drug-likeness (QED) is 0.762. The van der Waals surface area contributed by atoms with Crippen LogP contribution in [0.4, 0.5) is 0 Å². The fraction of sp³-hybridized carbons (Fsp3) is 0.316. The molecule has 0 saturated carbocycles. The van der Waals surface area contributed by atoms with E-state index >= 15 is 0 Å². The summed E-state index contributed by atoms with van der Waals surface area (Å²) in [6.07, 6.45) is 0.148. The van der Waals surface area contributed by atoms with E-state index in [1.165, 1.54) is 5.56 Å². The highest BCUT2D eigenvalue weighted by Gasteiger charge is 2.25. The first-order chi connectivity index (χ1) is 11.7. The molecule has 2 unspecified atom stereocenters. The van der Waals surface area contributed by atoms with Crippen molar-refractivity contribution < 1.29 is 14.6 Å². The Kier molecular flexibility index (Phi) is 6.82. The third-order valence-electron chi connectivity index (χ3n) is 4.32. The van der Waals surface area contributed by atoms with Gasteiger partial charge in [0.2, 0.25) is 5.91 Å². The minimum atomic E-state index is -0.775. The summed E-state index contributed by atoms with van der Waals surface area (Å²) in [5.74, 6) is 0.560. The summed E-state index contributed by atoms with van der Waals surface area (Å²) in [6, 6.07) is 14.8. The van der Waals surface area contributed by atoms with Crippen molar-refractivity contribution in [1.82, 2.24) is 10.6 Å². The normalized spacial score (nSPS) is 17.0. The minimum Gasteiger partial charge on any atom is -0.497 e. The predicted molar refractivity (Wildman–Crippen MR) is 99.1 cm³/mol. The number of hydrogen-bond donors (Lipinski definition) is 3. The van der Waals surface area contributed by atoms with Crippen molar-refractivity contribution >= 4 is 18.3 Å². The van der Waals surface area contributed by atoms with Crippen molar-refractivity contribution in [2.75, 3.05) is 20.2 Å². The van der Waals surface area contributed by atoms with Crippen molar-refractivity contribution in [3.05, 3.63) is 65.2 Å². The Morgan fingerprint density at radius 2 is 2.12 bits per heavy atom. The Morgan fingerprint density at radius 3 is 2.92 bits per heavy atom. The molecule has 0 radical (unpaired) electrons. The molecule has 134 valence electrons. The monoisotopic (exact) mass is 362 g/mol. The number of amides is 1. The van der Waals surface area contributed by atoms with E-state index in [1.54, 1.807) is 13.2 Å². The maximum Gasteiger partial charge on any atom is 0.241 e. The summed E-state index contributed by atoms with van der Waals surface area (Å²) in [5, 5.41) is 16.4. The first-order valence-corrected chi connectivity index (χ1v) is 8.10. The van der Waals surface area contributed by atoms with E-state index in [0.717, 1.165) is 18.5 Å². The molecule has 1 heterocycles. The second-order valence-electron chi connectivity index (χ2n) is 5.87. The molecule has 1 aliphatic rings. The Bertz CT molecular complexity index is 723. The van der Waals surface area contributed by atoms with Crippen molar-refractivity contribution in [2.24, 2.45) is 0 Å². The second-order valence-corrected chi connectivity index (χ2v) is 5.87. The summed E-state index contributed by atoms with van der Waals surface area (Å²) in [7, 11) is 1.58. The number of nitrogens with one attached hydrogen (secondary N) is 2. The average molecular weight is 363 g/mol. The molecule has 6 heteroatoms. The van der Waals surface area contributed by atoms with Crippen LogP contribution in [-0.2, 0) is 11.2 Å². The molecule has 2 atom stereocenters. The number of ether oxygens (including phenoxy) is 1. The van der Waals surface area contributed by atoms with Gasteiger partial charge in [0, 0.05) is 13.1 Å². The van der Waals surface area contributed by atoms with Gasteiger partial charge in [0.1, 0.15) is 11.8 Å². The van der Waals surface area contributed by atoms with E-state index in [9.17, 15) is 9.90 Å². The van der Waals surface area contributed by atoms with Gasteiger partial charge in [-0.25, -0.2) is 0 Å². The standard InChI is InChI=1S/C19H22N2O3.ClH/c1-24-15-7-4-6-14(11-15)17(22)12-21-19(23)18-16-8-3-2-5-13(16)9-10-20-18;/h2-8,11,17-18,20,22H,9-10,12H2,1H3,(H,21,23);1H. The fourth-order valence-corrected chi connectivity index (χ4v) is 3.00. The van der Waals surface area contributed by atoms with Gasteiger partial charge in [0.05, 0.1) is 13.2 Å². The lowest BCUT2D eigenvalue weighted by atomic mass is 9.94. The van der Waals surface area contributed by atoms with Crippen LogP contribution in [0.3, 0.4) is 0 Å². The largest absolute Gasteiger partial charge is 0.497 e. The van der Waals surface area contributed by atoms with Crippen molar-refractivity contribution in [3.63, 3.8) is 0 Å². The Labute approximate surface area is 153 Å². The Balaban J connectivity index is 0.00000225. The van der Waals surface area contributed by atoms with Gasteiger partial charge in [-0.05, 0) is 35.2 Å². The molecule has 0 bridgehead atoms. The van der Waals surface area contributed by atoms with Gasteiger partial charge < -0.3 is 20.5 Å². The lowest BCUT2D eigenvalue weighted by Gasteiger charge is -2.26. The van der Waals surface area contributed by atoms with Gasteiger partial charge >= 0.3 is 0 Å². The number of aliphatic hydroxyl groups excluding tert-OH is 1. The zero-order chi connectivity index (χ0) is 16.9. The van der Waals surface area contributed by atoms with E-state index in [2.05, 4.69) is 16.7 Å². The van der Waals surface area contributed by atoms with E-state index in [4.69, 9.17) is 4.74 Å². The summed E-state index contributed by atoms with van der Waals surface area (Å²) >= 11 is 0. The SMILES string of the molecule is COc1cccc(C(O)CNC(=O)C2NCCc3ccccc32)c1.Cl. The van der Waals surface area contributed by atoms with Crippen LogP contribution < -0.4 is 15.4 Å². The molecule has 3 rings (SSSR count). The zero-order valence-electron chi connectivity index (χ0n) is 14.1. The Morgan fingerprint density at radius 1 is 1.32 bits per heavy atom. The molecule has 2 aromatic carbocycles. The molecular formula is C19H23ClN2O3. The molecule has 0 saturated heterocycles. The first-order valence-electron chi connectivity index (χ1n) is 8.10. The molecule has 0 fully saturated rings. The van der Waals surface area contributed by atoms with Crippen LogP contribution in [0.25, 0.3) is 0 Å². The van der Waals surface area contributed by atoms with Crippen LogP contribution in [-0.4, -0.2) is 31.2 Å². The predicted octanol–water partition coefficient (Wildman–Crippen LogP) is 2.15. The lowest BCUT2D eigenvalue weighted by Crippen LogP contribution is -2.42. The van der Waals surface area contributed by atoms with Crippen LogP contribution in [0, 0.1) is 0 Å². The molecule has 3 N–H and O–H groups in total. The van der Waals surface area contributed by atoms with E-state index in [0.29, 0.717) is 11.3 Å². The number of aliphatic hydroxyl groups is 1. The van der Waals surface area contributed by atoms with E-state index in [-0.39, 0.29) is 30.9 Å². The number of benzene rings is 2. The van der Waals surface area contributed by atoms with Gasteiger partial charge in [0.15, 0.2) is 0 Å². The summed E-state index contributed by atoms with van der Waals surface area (Å²) < 4.78 is 5.16. The first kappa shape index (κ1) is 19.2. The lowest BCUT2D eigenvalue weighted by molar-refractivity contribution is -0.123. The molecule has 1 amide bonds. The molecule has 0 spiro atoms. The number of halogens is 1. The van der Waals surface area contributed by atoms with Gasteiger partial charge in [-0.3, -0.25) is 4.79 Å². The molecule has 2 aromatic rings. The van der Waals surface area contributed by atoms with Crippen molar-refractivity contribution in [2.45, 2.75) is 18.6 Å². The maximum atomic E-state index is 12.5. The van der Waals surface area contributed by atoms with Gasteiger partial charge in [0.25, 0.3) is 0 Å². The highest BCUT2D eigenvalue weighted by atomic mass is 35.5. The fourth-order valence-electron chi connectivity index (χ4n) is 3.00. The average Bonchev–Trinajstić information content (AvgIpc) is 2.65. The third kappa shape index (κ3) is 4.51. The molecule has 25 heavy (non-hydrogen) atoms. The molecule has 5 nitrogen and oxygen atoms in total. The second kappa shape index (κ2) is 8.85. The molecular weight excluding hydrogens is 340 g/mol. The third-order valence-corrected chi connectivity index (χ3v) is 4.32.